The smallest absolute Gasteiger partial charge is 0.0274 e. The van der Waals surface area contributed by atoms with Crippen molar-refractivity contribution < 1.29 is 0 Å². The summed E-state index contributed by atoms with van der Waals surface area (Å²) in [6, 6.07) is 1.44. The Morgan fingerprint density at radius 2 is 1.75 bits per heavy atom. The second kappa shape index (κ2) is 7.24. The zero-order valence-corrected chi connectivity index (χ0v) is 14.1. The van der Waals surface area contributed by atoms with Gasteiger partial charge in [-0.3, -0.25) is 4.90 Å². The van der Waals surface area contributed by atoms with E-state index < -0.39 is 0 Å². The lowest BCUT2D eigenvalue weighted by atomic mass is 9.86. The molecule has 2 rings (SSSR count). The fourth-order valence-corrected chi connectivity index (χ4v) is 4.10. The van der Waals surface area contributed by atoms with Crippen LogP contribution >= 0.6 is 0 Å². The first kappa shape index (κ1) is 16.3. The Morgan fingerprint density at radius 3 is 2.35 bits per heavy atom. The quantitative estimate of drug-likeness (QED) is 0.807. The third-order valence-electron chi connectivity index (χ3n) is 5.34. The molecule has 3 heteroatoms. The van der Waals surface area contributed by atoms with Crippen LogP contribution in [0.4, 0.5) is 0 Å². The lowest BCUT2D eigenvalue weighted by Gasteiger charge is -2.42. The zero-order valence-electron chi connectivity index (χ0n) is 14.1. The Kier molecular flexibility index (Phi) is 5.88. The summed E-state index contributed by atoms with van der Waals surface area (Å²) in [5.74, 6) is 0. The number of rotatable bonds is 6. The molecule has 0 amide bonds. The monoisotopic (exact) mass is 281 g/mol. The van der Waals surface area contributed by atoms with E-state index in [-0.39, 0.29) is 0 Å². The largest absolute Gasteiger partial charge is 0.312 e. The number of piperazine rings is 1. The Balaban J connectivity index is 1.91. The van der Waals surface area contributed by atoms with Crippen LogP contribution in [0.2, 0.25) is 0 Å². The van der Waals surface area contributed by atoms with E-state index in [4.69, 9.17) is 0 Å². The number of nitrogens with zero attached hydrogens (tertiary/aromatic N) is 2. The maximum absolute atomic E-state index is 3.85. The van der Waals surface area contributed by atoms with E-state index in [0.717, 1.165) is 6.04 Å². The van der Waals surface area contributed by atoms with Gasteiger partial charge in [0.15, 0.2) is 0 Å². The molecule has 0 aromatic rings. The van der Waals surface area contributed by atoms with E-state index in [1.165, 1.54) is 65.0 Å². The standard InChI is InChI=1S/C17H35N3/c1-5-9-18-16-15(7-8-17(16,3)4)20-13-11-19(10-6-2)12-14-20/h15-16,18H,5-14H2,1-4H3. The Labute approximate surface area is 126 Å². The van der Waals surface area contributed by atoms with Gasteiger partial charge in [0.1, 0.15) is 0 Å². The van der Waals surface area contributed by atoms with Crippen molar-refractivity contribution in [2.75, 3.05) is 39.3 Å². The first-order valence-corrected chi connectivity index (χ1v) is 8.78. The second-order valence-electron chi connectivity index (χ2n) is 7.40. The molecule has 20 heavy (non-hydrogen) atoms. The molecule has 0 aromatic carbocycles. The molecular weight excluding hydrogens is 246 g/mol. The summed E-state index contributed by atoms with van der Waals surface area (Å²) in [7, 11) is 0. The molecule has 0 bridgehead atoms. The Bertz CT molecular complexity index is 282. The molecule has 3 nitrogen and oxygen atoms in total. The van der Waals surface area contributed by atoms with Gasteiger partial charge in [-0.15, -0.1) is 0 Å². The van der Waals surface area contributed by atoms with E-state index >= 15 is 0 Å². The number of hydrogen-bond donors (Lipinski definition) is 1. The summed E-state index contributed by atoms with van der Waals surface area (Å²) in [6.07, 6.45) is 5.27. The van der Waals surface area contributed by atoms with Gasteiger partial charge in [-0.1, -0.05) is 27.7 Å². The van der Waals surface area contributed by atoms with Crippen LogP contribution in [0.15, 0.2) is 0 Å². The van der Waals surface area contributed by atoms with Crippen LogP contribution < -0.4 is 5.32 Å². The van der Waals surface area contributed by atoms with Crippen LogP contribution in [0.25, 0.3) is 0 Å². The molecule has 1 saturated carbocycles. The van der Waals surface area contributed by atoms with Crippen LogP contribution in [0.3, 0.4) is 0 Å². The van der Waals surface area contributed by atoms with E-state index in [9.17, 15) is 0 Å². The SMILES string of the molecule is CCCNC1C(N2CCN(CCC)CC2)CCC1(C)C. The summed E-state index contributed by atoms with van der Waals surface area (Å²) in [5, 5.41) is 3.85. The predicted octanol–water partition coefficient (Wildman–Crippen LogP) is 2.57. The second-order valence-corrected chi connectivity index (χ2v) is 7.40. The maximum Gasteiger partial charge on any atom is 0.0274 e. The van der Waals surface area contributed by atoms with Gasteiger partial charge in [0.05, 0.1) is 0 Å². The van der Waals surface area contributed by atoms with Crippen LogP contribution in [0, 0.1) is 5.41 Å². The summed E-state index contributed by atoms with van der Waals surface area (Å²) in [5.41, 5.74) is 0.459. The third kappa shape index (κ3) is 3.75. The van der Waals surface area contributed by atoms with Crippen molar-refractivity contribution in [1.29, 1.82) is 0 Å². The van der Waals surface area contributed by atoms with Crippen molar-refractivity contribution in [3.63, 3.8) is 0 Å². The van der Waals surface area contributed by atoms with Crippen molar-refractivity contribution >= 4 is 0 Å². The Hall–Kier alpha value is -0.120. The zero-order chi connectivity index (χ0) is 14.6. The predicted molar refractivity (Wildman–Crippen MR) is 87.2 cm³/mol. The average molecular weight is 281 g/mol. The number of nitrogens with one attached hydrogen (secondary N) is 1. The molecule has 0 aromatic heterocycles. The lowest BCUT2D eigenvalue weighted by molar-refractivity contribution is 0.0763. The first-order valence-electron chi connectivity index (χ1n) is 8.78. The molecule has 2 unspecified atom stereocenters. The molecule has 1 aliphatic carbocycles. The van der Waals surface area contributed by atoms with E-state index in [0.29, 0.717) is 11.5 Å². The van der Waals surface area contributed by atoms with Crippen molar-refractivity contribution in [2.24, 2.45) is 5.41 Å². The normalized spacial score (nSPS) is 31.8. The van der Waals surface area contributed by atoms with Crippen LogP contribution in [-0.4, -0.2) is 61.2 Å². The lowest BCUT2D eigenvalue weighted by Crippen LogP contribution is -2.57. The summed E-state index contributed by atoms with van der Waals surface area (Å²) in [4.78, 5) is 5.40. The molecular formula is C17H35N3. The minimum Gasteiger partial charge on any atom is -0.312 e. The van der Waals surface area contributed by atoms with Crippen molar-refractivity contribution in [3.8, 4) is 0 Å². The summed E-state index contributed by atoms with van der Waals surface area (Å²) in [6.45, 7) is 17.0. The molecule has 1 saturated heterocycles. The van der Waals surface area contributed by atoms with Gasteiger partial charge in [-0.2, -0.15) is 0 Å². The van der Waals surface area contributed by atoms with Crippen molar-refractivity contribution in [2.45, 2.75) is 65.5 Å². The van der Waals surface area contributed by atoms with Crippen molar-refractivity contribution in [1.82, 2.24) is 15.1 Å². The summed E-state index contributed by atoms with van der Waals surface area (Å²) < 4.78 is 0. The molecule has 2 aliphatic rings. The average Bonchev–Trinajstić information content (AvgIpc) is 2.73. The third-order valence-corrected chi connectivity index (χ3v) is 5.34. The summed E-state index contributed by atoms with van der Waals surface area (Å²) >= 11 is 0. The maximum atomic E-state index is 3.85. The highest BCUT2D eigenvalue weighted by molar-refractivity contribution is 5.01. The van der Waals surface area contributed by atoms with Gasteiger partial charge in [0.25, 0.3) is 0 Å². The van der Waals surface area contributed by atoms with E-state index in [1.54, 1.807) is 0 Å². The molecule has 2 fully saturated rings. The molecule has 0 spiro atoms. The Morgan fingerprint density at radius 1 is 1.05 bits per heavy atom. The highest BCUT2D eigenvalue weighted by Crippen LogP contribution is 2.40. The molecule has 118 valence electrons. The minimum atomic E-state index is 0.459. The molecule has 1 aliphatic heterocycles. The highest BCUT2D eigenvalue weighted by atomic mass is 15.3. The van der Waals surface area contributed by atoms with Gasteiger partial charge in [-0.25, -0.2) is 0 Å². The van der Waals surface area contributed by atoms with Gasteiger partial charge in [0, 0.05) is 38.3 Å². The highest BCUT2D eigenvalue weighted by Gasteiger charge is 2.44. The molecule has 2 atom stereocenters. The van der Waals surface area contributed by atoms with E-state index in [2.05, 4.69) is 42.8 Å². The molecule has 1 heterocycles. The van der Waals surface area contributed by atoms with Gasteiger partial charge in [-0.05, 0) is 44.2 Å². The fraction of sp³-hybridized carbons (Fsp3) is 1.00. The van der Waals surface area contributed by atoms with Crippen LogP contribution in [0.5, 0.6) is 0 Å². The topological polar surface area (TPSA) is 18.5 Å². The van der Waals surface area contributed by atoms with Crippen LogP contribution in [0.1, 0.15) is 53.4 Å². The van der Waals surface area contributed by atoms with Crippen molar-refractivity contribution in [3.05, 3.63) is 0 Å². The fourth-order valence-electron chi connectivity index (χ4n) is 4.10. The van der Waals surface area contributed by atoms with Gasteiger partial charge < -0.3 is 10.2 Å². The minimum absolute atomic E-state index is 0.459. The molecule has 0 radical (unpaired) electrons. The van der Waals surface area contributed by atoms with Gasteiger partial charge in [0.2, 0.25) is 0 Å². The van der Waals surface area contributed by atoms with Gasteiger partial charge >= 0.3 is 0 Å². The first-order chi connectivity index (χ1) is 9.58. The van der Waals surface area contributed by atoms with E-state index in [1.807, 2.05) is 0 Å². The molecule has 1 N–H and O–H groups in total. The number of hydrogen-bond acceptors (Lipinski definition) is 3. The van der Waals surface area contributed by atoms with Crippen LogP contribution in [-0.2, 0) is 0 Å².